The summed E-state index contributed by atoms with van der Waals surface area (Å²) < 4.78 is 12.2. The Hall–Kier alpha value is -4.04. The predicted molar refractivity (Wildman–Crippen MR) is 129 cm³/mol. The summed E-state index contributed by atoms with van der Waals surface area (Å²) in [5.41, 5.74) is 3.20. The van der Waals surface area contributed by atoms with Crippen LogP contribution < -0.4 is 10.1 Å². The maximum Gasteiger partial charge on any atom is 0.227 e. The van der Waals surface area contributed by atoms with Crippen LogP contribution in [0.1, 0.15) is 16.1 Å². The van der Waals surface area contributed by atoms with E-state index >= 15 is 0 Å². The summed E-state index contributed by atoms with van der Waals surface area (Å²) in [6, 6.07) is 20.8. The molecule has 0 unspecified atom stereocenters. The smallest absolute Gasteiger partial charge is 0.227 e. The van der Waals surface area contributed by atoms with Crippen molar-refractivity contribution < 1.29 is 13.9 Å². The van der Waals surface area contributed by atoms with Gasteiger partial charge < -0.3 is 14.5 Å². The topological polar surface area (TPSA) is 90.1 Å². The number of nitrogens with zero attached hydrogens (tertiary/aromatic N) is 3. The third-order valence-electron chi connectivity index (χ3n) is 4.89. The van der Waals surface area contributed by atoms with Crippen molar-refractivity contribution in [2.75, 3.05) is 5.32 Å². The number of rotatable bonds is 7. The van der Waals surface area contributed by atoms with Crippen molar-refractivity contribution in [3.05, 3.63) is 94.9 Å². The van der Waals surface area contributed by atoms with E-state index in [1.54, 1.807) is 24.5 Å². The van der Waals surface area contributed by atoms with Crippen LogP contribution in [0.15, 0.2) is 88.0 Å². The Morgan fingerprint density at radius 1 is 1.00 bits per heavy atom. The zero-order valence-corrected chi connectivity index (χ0v) is 18.8. The molecular weight excluding hydrogens is 484 g/mol. The van der Waals surface area contributed by atoms with Crippen molar-refractivity contribution in [2.24, 2.45) is 0 Å². The third-order valence-corrected chi connectivity index (χ3v) is 5.51. The first kappa shape index (κ1) is 20.8. The van der Waals surface area contributed by atoms with Crippen molar-refractivity contribution >= 4 is 44.8 Å². The van der Waals surface area contributed by atoms with Crippen molar-refractivity contribution in [1.29, 1.82) is 0 Å². The molecule has 0 atom stereocenters. The lowest BCUT2D eigenvalue weighted by atomic mass is 10.2. The van der Waals surface area contributed by atoms with Gasteiger partial charge >= 0.3 is 0 Å². The summed E-state index contributed by atoms with van der Waals surface area (Å²) in [5.74, 6) is 1.96. The fourth-order valence-corrected chi connectivity index (χ4v) is 3.74. The van der Waals surface area contributed by atoms with E-state index in [2.05, 4.69) is 36.2 Å². The van der Waals surface area contributed by atoms with E-state index in [0.29, 0.717) is 35.8 Å². The van der Waals surface area contributed by atoms with E-state index in [9.17, 15) is 4.79 Å². The lowest BCUT2D eigenvalue weighted by molar-refractivity contribution is 0.110. The Morgan fingerprint density at radius 3 is 2.67 bits per heavy atom. The lowest BCUT2D eigenvalue weighted by Crippen LogP contribution is -1.99. The average molecular weight is 501 g/mol. The van der Waals surface area contributed by atoms with Crippen LogP contribution in [-0.4, -0.2) is 21.2 Å². The fraction of sp³-hybridized carbons (Fsp3) is 0.0400. The van der Waals surface area contributed by atoms with Gasteiger partial charge in [0, 0.05) is 17.3 Å². The van der Waals surface area contributed by atoms with Gasteiger partial charge in [-0.3, -0.25) is 9.78 Å². The molecule has 1 N–H and O–H groups in total. The molecule has 5 aromatic rings. The summed E-state index contributed by atoms with van der Waals surface area (Å²) >= 11 is 3.56. The summed E-state index contributed by atoms with van der Waals surface area (Å²) in [4.78, 5) is 24.2. The van der Waals surface area contributed by atoms with Crippen LogP contribution in [0, 0.1) is 0 Å². The van der Waals surface area contributed by atoms with Crippen LogP contribution in [0.5, 0.6) is 5.75 Å². The summed E-state index contributed by atoms with van der Waals surface area (Å²) in [7, 11) is 0. The van der Waals surface area contributed by atoms with Crippen molar-refractivity contribution in [3.8, 4) is 17.2 Å². The normalized spacial score (nSPS) is 10.8. The Kier molecular flexibility index (Phi) is 5.82. The number of pyridine rings is 1. The van der Waals surface area contributed by atoms with Crippen LogP contribution in [0.3, 0.4) is 0 Å². The van der Waals surface area contributed by atoms with Crippen LogP contribution in [0.25, 0.3) is 22.4 Å². The molecule has 3 heterocycles. The maximum atomic E-state index is 10.8. The molecule has 0 aliphatic carbocycles. The summed E-state index contributed by atoms with van der Waals surface area (Å²) in [6.07, 6.45) is 4.02. The van der Waals surface area contributed by atoms with Crippen LogP contribution in [0.2, 0.25) is 0 Å². The highest BCUT2D eigenvalue weighted by molar-refractivity contribution is 9.10. The average Bonchev–Trinajstić information content (AvgIpc) is 3.33. The Morgan fingerprint density at radius 2 is 1.88 bits per heavy atom. The SMILES string of the molecule is O=Cc1ccc(-c2cc3cnc(Nc4ccc(OCc5ccccc5)c(Br)c4)nc3cn2)o1. The molecule has 8 heteroatoms. The molecule has 5 rings (SSSR count). The molecule has 33 heavy (non-hydrogen) atoms. The molecule has 0 bridgehead atoms. The predicted octanol–water partition coefficient (Wildman–Crippen LogP) is 6.18. The van der Waals surface area contributed by atoms with Crippen molar-refractivity contribution in [3.63, 3.8) is 0 Å². The van der Waals surface area contributed by atoms with Gasteiger partial charge in [-0.15, -0.1) is 0 Å². The number of carbonyl (C=O) groups excluding carboxylic acids is 1. The molecule has 0 saturated heterocycles. The van der Waals surface area contributed by atoms with E-state index in [-0.39, 0.29) is 5.76 Å². The Bertz CT molecular complexity index is 1440. The lowest BCUT2D eigenvalue weighted by Gasteiger charge is -2.11. The molecule has 0 aliphatic rings. The number of ether oxygens (including phenoxy) is 1. The van der Waals surface area contributed by atoms with E-state index in [4.69, 9.17) is 9.15 Å². The van der Waals surface area contributed by atoms with E-state index in [1.165, 1.54) is 0 Å². The molecule has 3 aromatic heterocycles. The molecule has 162 valence electrons. The first-order valence-electron chi connectivity index (χ1n) is 10.1. The minimum Gasteiger partial charge on any atom is -0.488 e. The molecular formula is C25H17BrN4O3. The number of benzene rings is 2. The number of anilines is 2. The molecule has 0 radical (unpaired) electrons. The summed E-state index contributed by atoms with van der Waals surface area (Å²) in [6.45, 7) is 0.490. The number of hydrogen-bond donors (Lipinski definition) is 1. The second kappa shape index (κ2) is 9.22. The van der Waals surface area contributed by atoms with Gasteiger partial charge in [0.1, 0.15) is 18.1 Å². The van der Waals surface area contributed by atoms with E-state index in [0.717, 1.165) is 26.9 Å². The summed E-state index contributed by atoms with van der Waals surface area (Å²) in [5, 5.41) is 4.01. The minimum absolute atomic E-state index is 0.255. The van der Waals surface area contributed by atoms with Gasteiger partial charge in [-0.25, -0.2) is 9.97 Å². The first-order chi connectivity index (χ1) is 16.2. The number of nitrogens with one attached hydrogen (secondary N) is 1. The standard InChI is InChI=1S/C25H17BrN4O3/c26-20-11-18(6-8-23(20)32-15-16-4-2-1-3-5-16)29-25-28-12-17-10-21(27-13-22(17)30-25)24-9-7-19(14-31)33-24/h1-14H,15H2,(H,28,29,30). The van der Waals surface area contributed by atoms with Gasteiger partial charge in [-0.05, 0) is 57.9 Å². The van der Waals surface area contributed by atoms with Crippen molar-refractivity contribution in [1.82, 2.24) is 15.0 Å². The number of furan rings is 1. The van der Waals surface area contributed by atoms with Crippen LogP contribution in [0.4, 0.5) is 11.6 Å². The van der Waals surface area contributed by atoms with E-state index < -0.39 is 0 Å². The quantitative estimate of drug-likeness (QED) is 0.266. The number of hydrogen-bond acceptors (Lipinski definition) is 7. The number of halogens is 1. The van der Waals surface area contributed by atoms with Crippen molar-refractivity contribution in [2.45, 2.75) is 6.61 Å². The molecule has 0 aliphatic heterocycles. The fourth-order valence-electron chi connectivity index (χ4n) is 3.24. The zero-order chi connectivity index (χ0) is 22.6. The highest BCUT2D eigenvalue weighted by Gasteiger charge is 2.09. The van der Waals surface area contributed by atoms with Gasteiger partial charge in [0.2, 0.25) is 5.95 Å². The van der Waals surface area contributed by atoms with Gasteiger partial charge in [0.05, 0.1) is 16.2 Å². The van der Waals surface area contributed by atoms with Gasteiger partial charge in [0.15, 0.2) is 17.8 Å². The van der Waals surface area contributed by atoms with Gasteiger partial charge in [0.25, 0.3) is 0 Å². The molecule has 0 spiro atoms. The molecule has 2 aromatic carbocycles. The zero-order valence-electron chi connectivity index (χ0n) is 17.2. The number of carbonyl (C=O) groups is 1. The number of fused-ring (bicyclic) bond motifs is 1. The molecule has 0 saturated carbocycles. The highest BCUT2D eigenvalue weighted by atomic mass is 79.9. The van der Waals surface area contributed by atoms with Gasteiger partial charge in [-0.2, -0.15) is 0 Å². The van der Waals surface area contributed by atoms with Crippen LogP contribution >= 0.6 is 15.9 Å². The van der Waals surface area contributed by atoms with Gasteiger partial charge in [-0.1, -0.05) is 30.3 Å². The third kappa shape index (κ3) is 4.75. The second-order valence-corrected chi connectivity index (χ2v) is 8.04. The second-order valence-electron chi connectivity index (χ2n) is 7.19. The maximum absolute atomic E-state index is 10.8. The first-order valence-corrected chi connectivity index (χ1v) is 10.9. The number of aromatic nitrogens is 3. The molecule has 0 amide bonds. The Labute approximate surface area is 197 Å². The number of aldehydes is 1. The van der Waals surface area contributed by atoms with E-state index in [1.807, 2.05) is 54.6 Å². The largest absolute Gasteiger partial charge is 0.488 e. The molecule has 7 nitrogen and oxygen atoms in total. The highest BCUT2D eigenvalue weighted by Crippen LogP contribution is 2.30. The minimum atomic E-state index is 0.255. The molecule has 0 fully saturated rings. The van der Waals surface area contributed by atoms with Crippen LogP contribution in [-0.2, 0) is 6.61 Å². The Balaban J connectivity index is 1.30. The monoisotopic (exact) mass is 500 g/mol.